The quantitative estimate of drug-likeness (QED) is 0.904. The first-order valence-corrected chi connectivity index (χ1v) is 6.75. The van der Waals surface area contributed by atoms with Crippen LogP contribution < -0.4 is 0 Å². The summed E-state index contributed by atoms with van der Waals surface area (Å²) in [6.07, 6.45) is 2.11. The van der Waals surface area contributed by atoms with Crippen LogP contribution in [0.3, 0.4) is 0 Å². The zero-order chi connectivity index (χ0) is 14.0. The summed E-state index contributed by atoms with van der Waals surface area (Å²) in [6, 6.07) is 5.42. The third kappa shape index (κ3) is 2.89. The largest absolute Gasteiger partial charge is 0.508 e. The molecule has 19 heavy (non-hydrogen) atoms. The van der Waals surface area contributed by atoms with E-state index < -0.39 is 0 Å². The van der Waals surface area contributed by atoms with Crippen LogP contribution in [0.25, 0.3) is 0 Å². The highest BCUT2D eigenvalue weighted by molar-refractivity contribution is 5.96. The van der Waals surface area contributed by atoms with Crippen LogP contribution in [0.2, 0.25) is 0 Å². The zero-order valence-electron chi connectivity index (χ0n) is 11.9. The minimum Gasteiger partial charge on any atom is -0.508 e. The first-order chi connectivity index (χ1) is 9.00. The van der Waals surface area contributed by atoms with E-state index in [1.165, 1.54) is 0 Å². The average Bonchev–Trinajstić information content (AvgIpc) is 2.79. The molecule has 0 saturated carbocycles. The third-order valence-corrected chi connectivity index (χ3v) is 3.75. The Balaban J connectivity index is 2.21. The SMILES string of the molecule is Cc1c(O)cccc1C(=O)N1CCCC1CN(C)C. The van der Waals surface area contributed by atoms with Crippen LogP contribution in [0.5, 0.6) is 5.75 Å². The molecule has 0 bridgehead atoms. The van der Waals surface area contributed by atoms with Gasteiger partial charge in [-0.25, -0.2) is 0 Å². The number of amides is 1. The number of phenolic OH excluding ortho intramolecular Hbond substituents is 1. The molecule has 4 nitrogen and oxygen atoms in total. The van der Waals surface area contributed by atoms with Crippen molar-refractivity contribution in [1.29, 1.82) is 0 Å². The molecular weight excluding hydrogens is 240 g/mol. The first-order valence-electron chi connectivity index (χ1n) is 6.75. The molecule has 1 N–H and O–H groups in total. The smallest absolute Gasteiger partial charge is 0.254 e. The summed E-state index contributed by atoms with van der Waals surface area (Å²) in [5.41, 5.74) is 1.29. The summed E-state index contributed by atoms with van der Waals surface area (Å²) >= 11 is 0. The number of rotatable bonds is 3. The minimum absolute atomic E-state index is 0.0396. The monoisotopic (exact) mass is 262 g/mol. The molecule has 0 aromatic heterocycles. The van der Waals surface area contributed by atoms with E-state index in [4.69, 9.17) is 0 Å². The highest BCUT2D eigenvalue weighted by atomic mass is 16.3. The van der Waals surface area contributed by atoms with E-state index in [2.05, 4.69) is 4.90 Å². The van der Waals surface area contributed by atoms with Crippen molar-refractivity contribution in [3.63, 3.8) is 0 Å². The van der Waals surface area contributed by atoms with E-state index >= 15 is 0 Å². The maximum atomic E-state index is 12.6. The molecular formula is C15H22N2O2. The zero-order valence-corrected chi connectivity index (χ0v) is 11.9. The van der Waals surface area contributed by atoms with Gasteiger partial charge in [0.15, 0.2) is 0 Å². The van der Waals surface area contributed by atoms with Gasteiger partial charge in [-0.05, 0) is 46.0 Å². The number of phenols is 1. The van der Waals surface area contributed by atoms with Gasteiger partial charge in [0.25, 0.3) is 5.91 Å². The topological polar surface area (TPSA) is 43.8 Å². The molecule has 1 saturated heterocycles. The summed E-state index contributed by atoms with van der Waals surface area (Å²) in [4.78, 5) is 16.7. The van der Waals surface area contributed by atoms with Gasteiger partial charge < -0.3 is 14.9 Å². The van der Waals surface area contributed by atoms with Crippen LogP contribution in [-0.4, -0.2) is 54.0 Å². The lowest BCUT2D eigenvalue weighted by Crippen LogP contribution is -2.41. The molecule has 1 aromatic carbocycles. The lowest BCUT2D eigenvalue weighted by atomic mass is 10.1. The molecule has 2 rings (SSSR count). The van der Waals surface area contributed by atoms with Crippen molar-refractivity contribution in [2.24, 2.45) is 0 Å². The van der Waals surface area contributed by atoms with Gasteiger partial charge in [-0.3, -0.25) is 4.79 Å². The Morgan fingerprint density at radius 1 is 1.47 bits per heavy atom. The van der Waals surface area contributed by atoms with E-state index in [9.17, 15) is 9.90 Å². The fraction of sp³-hybridized carbons (Fsp3) is 0.533. The van der Waals surface area contributed by atoms with E-state index in [-0.39, 0.29) is 17.7 Å². The predicted molar refractivity (Wildman–Crippen MR) is 75.5 cm³/mol. The third-order valence-electron chi connectivity index (χ3n) is 3.75. The second-order valence-electron chi connectivity index (χ2n) is 5.51. The number of carbonyl (C=O) groups is 1. The van der Waals surface area contributed by atoms with Crippen LogP contribution in [0.1, 0.15) is 28.8 Å². The highest BCUT2D eigenvalue weighted by Crippen LogP contribution is 2.25. The average molecular weight is 262 g/mol. The molecule has 0 spiro atoms. The summed E-state index contributed by atoms with van der Waals surface area (Å²) in [7, 11) is 4.06. The highest BCUT2D eigenvalue weighted by Gasteiger charge is 2.30. The first kappa shape index (κ1) is 13.9. The van der Waals surface area contributed by atoms with Gasteiger partial charge in [0.2, 0.25) is 0 Å². The minimum atomic E-state index is 0.0396. The number of hydrogen-bond donors (Lipinski definition) is 1. The maximum Gasteiger partial charge on any atom is 0.254 e. The number of carbonyl (C=O) groups excluding carboxylic acids is 1. The molecule has 0 radical (unpaired) electrons. The van der Waals surface area contributed by atoms with Crippen LogP contribution in [0.15, 0.2) is 18.2 Å². The standard InChI is InChI=1S/C15H22N2O2/c1-11-13(7-4-8-14(11)18)15(19)17-9-5-6-12(17)10-16(2)3/h4,7-8,12,18H,5-6,9-10H2,1-3H3. The molecule has 4 heteroatoms. The van der Waals surface area contributed by atoms with Gasteiger partial charge in [-0.15, -0.1) is 0 Å². The predicted octanol–water partition coefficient (Wildman–Crippen LogP) is 1.87. The maximum absolute atomic E-state index is 12.6. The fourth-order valence-electron chi connectivity index (χ4n) is 2.72. The second kappa shape index (κ2) is 5.61. The van der Waals surface area contributed by atoms with Crippen LogP contribution in [-0.2, 0) is 0 Å². The Morgan fingerprint density at radius 2 is 2.21 bits per heavy atom. The van der Waals surface area contributed by atoms with Crippen molar-refractivity contribution in [2.45, 2.75) is 25.8 Å². The molecule has 1 aliphatic heterocycles. The van der Waals surface area contributed by atoms with Crippen LogP contribution in [0.4, 0.5) is 0 Å². The molecule has 104 valence electrons. The molecule has 1 heterocycles. The number of hydrogen-bond acceptors (Lipinski definition) is 3. The van der Waals surface area contributed by atoms with Gasteiger partial charge >= 0.3 is 0 Å². The molecule has 0 aliphatic carbocycles. The van der Waals surface area contributed by atoms with E-state index in [1.807, 2.05) is 19.0 Å². The van der Waals surface area contributed by atoms with E-state index in [0.29, 0.717) is 11.1 Å². The Kier molecular flexibility index (Phi) is 4.10. The Labute approximate surface area is 114 Å². The normalized spacial score (nSPS) is 19.2. The summed E-state index contributed by atoms with van der Waals surface area (Å²) < 4.78 is 0. The van der Waals surface area contributed by atoms with Crippen molar-refractivity contribution in [2.75, 3.05) is 27.2 Å². The number of nitrogens with zero attached hydrogens (tertiary/aromatic N) is 2. The molecule has 1 amide bonds. The van der Waals surface area contributed by atoms with Gasteiger partial charge in [-0.1, -0.05) is 6.07 Å². The second-order valence-corrected chi connectivity index (χ2v) is 5.51. The Morgan fingerprint density at radius 3 is 2.89 bits per heavy atom. The lowest BCUT2D eigenvalue weighted by Gasteiger charge is -2.27. The van der Waals surface area contributed by atoms with Crippen molar-refractivity contribution in [3.05, 3.63) is 29.3 Å². The summed E-state index contributed by atoms with van der Waals surface area (Å²) in [5.74, 6) is 0.229. The van der Waals surface area contributed by atoms with Crippen molar-refractivity contribution >= 4 is 5.91 Å². The van der Waals surface area contributed by atoms with Gasteiger partial charge in [-0.2, -0.15) is 0 Å². The van der Waals surface area contributed by atoms with Gasteiger partial charge in [0.05, 0.1) is 0 Å². The number of benzene rings is 1. The van der Waals surface area contributed by atoms with E-state index in [0.717, 1.165) is 25.9 Å². The number of aromatic hydroxyl groups is 1. The van der Waals surface area contributed by atoms with Crippen molar-refractivity contribution in [1.82, 2.24) is 9.80 Å². The molecule has 1 fully saturated rings. The van der Waals surface area contributed by atoms with Crippen LogP contribution >= 0.6 is 0 Å². The van der Waals surface area contributed by atoms with Crippen LogP contribution in [0, 0.1) is 6.92 Å². The van der Waals surface area contributed by atoms with Crippen molar-refractivity contribution in [3.8, 4) is 5.75 Å². The summed E-state index contributed by atoms with van der Waals surface area (Å²) in [5, 5.41) is 9.72. The number of likely N-dealkylation sites (tertiary alicyclic amines) is 1. The summed E-state index contributed by atoms with van der Waals surface area (Å²) in [6.45, 7) is 3.50. The Hall–Kier alpha value is -1.55. The van der Waals surface area contributed by atoms with Gasteiger partial charge in [0, 0.05) is 30.3 Å². The number of likely N-dealkylation sites (N-methyl/N-ethyl adjacent to an activating group) is 1. The molecule has 1 atom stereocenters. The molecule has 1 aromatic rings. The van der Waals surface area contributed by atoms with Gasteiger partial charge in [0.1, 0.15) is 5.75 Å². The van der Waals surface area contributed by atoms with Crippen molar-refractivity contribution < 1.29 is 9.90 Å². The molecule has 1 unspecified atom stereocenters. The lowest BCUT2D eigenvalue weighted by molar-refractivity contribution is 0.0715. The fourth-order valence-corrected chi connectivity index (χ4v) is 2.72. The Bertz CT molecular complexity index is 471. The molecule has 1 aliphatic rings. The van der Waals surface area contributed by atoms with E-state index in [1.54, 1.807) is 25.1 Å².